The number of aryl methyl sites for hydroxylation is 1. The van der Waals surface area contributed by atoms with Crippen LogP contribution >= 0.6 is 23.1 Å². The first-order chi connectivity index (χ1) is 9.86. The van der Waals surface area contributed by atoms with Crippen molar-refractivity contribution in [3.05, 3.63) is 15.6 Å². The largest absolute Gasteiger partial charge is 0.309 e. The van der Waals surface area contributed by atoms with E-state index in [1.165, 1.54) is 62.1 Å². The highest BCUT2D eigenvalue weighted by Crippen LogP contribution is 2.37. The lowest BCUT2D eigenvalue weighted by atomic mass is 9.97. The van der Waals surface area contributed by atoms with Crippen LogP contribution in [0.3, 0.4) is 0 Å². The Labute approximate surface area is 131 Å². The zero-order chi connectivity index (χ0) is 13.8. The maximum Gasteiger partial charge on any atom is 0.103 e. The molecular weight excluding hydrogens is 284 g/mol. The molecule has 0 radical (unpaired) electrons. The van der Waals surface area contributed by atoms with E-state index >= 15 is 0 Å². The second kappa shape index (κ2) is 7.28. The Balaban J connectivity index is 1.61. The van der Waals surface area contributed by atoms with Gasteiger partial charge in [0.15, 0.2) is 0 Å². The molecule has 0 bridgehead atoms. The van der Waals surface area contributed by atoms with Gasteiger partial charge in [-0.1, -0.05) is 19.8 Å². The molecule has 0 amide bonds. The van der Waals surface area contributed by atoms with Gasteiger partial charge in [0.05, 0.1) is 11.7 Å². The lowest BCUT2D eigenvalue weighted by Gasteiger charge is -2.22. The van der Waals surface area contributed by atoms with Gasteiger partial charge in [-0.15, -0.1) is 11.3 Å². The number of thioether (sulfide) groups is 1. The van der Waals surface area contributed by atoms with Gasteiger partial charge in [-0.2, -0.15) is 11.8 Å². The monoisotopic (exact) mass is 310 g/mol. The Kier molecular flexibility index (Phi) is 5.41. The summed E-state index contributed by atoms with van der Waals surface area (Å²) in [5, 5.41) is 5.96. The van der Waals surface area contributed by atoms with E-state index in [-0.39, 0.29) is 0 Å². The number of fused-ring (bicyclic) bond motifs is 1. The van der Waals surface area contributed by atoms with Crippen LogP contribution in [-0.2, 0) is 12.2 Å². The topological polar surface area (TPSA) is 24.9 Å². The van der Waals surface area contributed by atoms with Crippen LogP contribution in [0.1, 0.15) is 73.5 Å². The van der Waals surface area contributed by atoms with Crippen LogP contribution in [0.25, 0.3) is 0 Å². The third-order valence-electron chi connectivity index (χ3n) is 4.38. The minimum absolute atomic E-state index is 0.528. The van der Waals surface area contributed by atoms with E-state index in [1.54, 1.807) is 4.88 Å². The highest BCUT2D eigenvalue weighted by Gasteiger charge is 2.24. The summed E-state index contributed by atoms with van der Waals surface area (Å²) in [5.41, 5.74) is 1.39. The lowest BCUT2D eigenvalue weighted by Crippen LogP contribution is -2.25. The Morgan fingerprint density at radius 3 is 2.90 bits per heavy atom. The van der Waals surface area contributed by atoms with Crippen LogP contribution in [0.15, 0.2) is 0 Å². The number of thiazole rings is 1. The SMILES string of the molecule is CCCNC1CCCc2sc(CSC3CCCC3)nc21. The quantitative estimate of drug-likeness (QED) is 0.824. The lowest BCUT2D eigenvalue weighted by molar-refractivity contribution is 0.454. The number of hydrogen-bond donors (Lipinski definition) is 1. The smallest absolute Gasteiger partial charge is 0.103 e. The van der Waals surface area contributed by atoms with E-state index in [2.05, 4.69) is 24.0 Å². The van der Waals surface area contributed by atoms with Gasteiger partial charge in [0.2, 0.25) is 0 Å². The first kappa shape index (κ1) is 14.9. The normalized spacial score (nSPS) is 23.1. The molecule has 20 heavy (non-hydrogen) atoms. The molecule has 0 saturated heterocycles. The van der Waals surface area contributed by atoms with Crippen LogP contribution < -0.4 is 5.32 Å². The summed E-state index contributed by atoms with van der Waals surface area (Å²) >= 11 is 4.13. The molecule has 1 aromatic rings. The number of nitrogens with one attached hydrogen (secondary N) is 1. The van der Waals surface area contributed by atoms with Gasteiger partial charge >= 0.3 is 0 Å². The Morgan fingerprint density at radius 1 is 1.25 bits per heavy atom. The molecule has 1 fully saturated rings. The van der Waals surface area contributed by atoms with Crippen molar-refractivity contribution in [3.63, 3.8) is 0 Å². The summed E-state index contributed by atoms with van der Waals surface area (Å²) in [7, 11) is 0. The molecule has 2 aliphatic carbocycles. The zero-order valence-electron chi connectivity index (χ0n) is 12.5. The molecule has 2 nitrogen and oxygen atoms in total. The van der Waals surface area contributed by atoms with Crippen molar-refractivity contribution in [1.82, 2.24) is 10.3 Å². The molecule has 4 heteroatoms. The molecule has 1 heterocycles. The van der Waals surface area contributed by atoms with Crippen molar-refractivity contribution in [3.8, 4) is 0 Å². The van der Waals surface area contributed by atoms with Crippen LogP contribution in [0.5, 0.6) is 0 Å². The molecule has 1 saturated carbocycles. The molecule has 2 aliphatic rings. The van der Waals surface area contributed by atoms with E-state index in [9.17, 15) is 0 Å². The van der Waals surface area contributed by atoms with Crippen LogP contribution in [0.2, 0.25) is 0 Å². The zero-order valence-corrected chi connectivity index (χ0v) is 14.1. The van der Waals surface area contributed by atoms with Crippen molar-refractivity contribution in [1.29, 1.82) is 0 Å². The highest BCUT2D eigenvalue weighted by molar-refractivity contribution is 7.99. The van der Waals surface area contributed by atoms with Crippen LogP contribution in [0, 0.1) is 0 Å². The van der Waals surface area contributed by atoms with Crippen molar-refractivity contribution < 1.29 is 0 Å². The molecule has 1 unspecified atom stereocenters. The summed E-state index contributed by atoms with van der Waals surface area (Å²) in [6, 6.07) is 0.528. The number of aromatic nitrogens is 1. The van der Waals surface area contributed by atoms with Gasteiger partial charge in [-0.05, 0) is 45.1 Å². The van der Waals surface area contributed by atoms with Gasteiger partial charge in [-0.3, -0.25) is 0 Å². The first-order valence-corrected chi connectivity index (χ1v) is 10.1. The van der Waals surface area contributed by atoms with E-state index in [0.717, 1.165) is 17.5 Å². The minimum Gasteiger partial charge on any atom is -0.309 e. The number of nitrogens with zero attached hydrogens (tertiary/aromatic N) is 1. The number of rotatable bonds is 6. The molecule has 0 aromatic carbocycles. The predicted octanol–water partition coefficient (Wildman–Crippen LogP) is 4.70. The molecule has 3 rings (SSSR count). The van der Waals surface area contributed by atoms with Gasteiger partial charge in [0.25, 0.3) is 0 Å². The van der Waals surface area contributed by atoms with E-state index < -0.39 is 0 Å². The van der Waals surface area contributed by atoms with Gasteiger partial charge < -0.3 is 5.32 Å². The Hall–Kier alpha value is -0.0600. The summed E-state index contributed by atoms with van der Waals surface area (Å²) in [4.78, 5) is 6.54. The van der Waals surface area contributed by atoms with Crippen LogP contribution in [-0.4, -0.2) is 16.8 Å². The third kappa shape index (κ3) is 3.58. The molecule has 0 aliphatic heterocycles. The maximum atomic E-state index is 4.98. The molecule has 112 valence electrons. The molecule has 1 aromatic heterocycles. The number of hydrogen-bond acceptors (Lipinski definition) is 4. The van der Waals surface area contributed by atoms with Gasteiger partial charge in [-0.25, -0.2) is 4.98 Å². The van der Waals surface area contributed by atoms with E-state index in [1.807, 2.05) is 11.3 Å². The first-order valence-electron chi connectivity index (χ1n) is 8.20. The van der Waals surface area contributed by atoms with Crippen molar-refractivity contribution in [2.24, 2.45) is 0 Å². The average molecular weight is 311 g/mol. The van der Waals surface area contributed by atoms with E-state index in [4.69, 9.17) is 4.98 Å². The Morgan fingerprint density at radius 2 is 2.10 bits per heavy atom. The fraction of sp³-hybridized carbons (Fsp3) is 0.812. The summed E-state index contributed by atoms with van der Waals surface area (Å²) in [5.74, 6) is 1.14. The van der Waals surface area contributed by atoms with Gasteiger partial charge in [0, 0.05) is 15.9 Å². The fourth-order valence-electron chi connectivity index (χ4n) is 3.29. The molecule has 1 atom stereocenters. The minimum atomic E-state index is 0.528. The maximum absolute atomic E-state index is 4.98. The second-order valence-corrected chi connectivity index (χ2v) is 8.49. The Bertz CT molecular complexity index is 424. The standard InChI is InChI=1S/C16H26N2S2/c1-2-10-17-13-8-5-9-14-16(13)18-15(20-14)11-19-12-6-3-4-7-12/h12-13,17H,2-11H2,1H3. The van der Waals surface area contributed by atoms with Crippen molar-refractivity contribution in [2.45, 2.75) is 75.3 Å². The molecule has 1 N–H and O–H groups in total. The summed E-state index contributed by atoms with van der Waals surface area (Å²) in [6.45, 7) is 3.36. The third-order valence-corrected chi connectivity index (χ3v) is 7.08. The van der Waals surface area contributed by atoms with E-state index in [0.29, 0.717) is 6.04 Å². The predicted molar refractivity (Wildman–Crippen MR) is 89.6 cm³/mol. The molecular formula is C16H26N2S2. The molecule has 0 spiro atoms. The summed E-state index contributed by atoms with van der Waals surface area (Å²) in [6.07, 6.45) is 10.8. The van der Waals surface area contributed by atoms with Crippen LogP contribution in [0.4, 0.5) is 0 Å². The van der Waals surface area contributed by atoms with Crippen molar-refractivity contribution in [2.75, 3.05) is 6.54 Å². The van der Waals surface area contributed by atoms with Gasteiger partial charge in [0.1, 0.15) is 5.01 Å². The second-order valence-electron chi connectivity index (χ2n) is 6.03. The fourth-order valence-corrected chi connectivity index (χ4v) is 5.81. The average Bonchev–Trinajstić information content (AvgIpc) is 3.11. The highest BCUT2D eigenvalue weighted by atomic mass is 32.2. The summed E-state index contributed by atoms with van der Waals surface area (Å²) < 4.78 is 0. The van der Waals surface area contributed by atoms with Crippen molar-refractivity contribution >= 4 is 23.1 Å².